The molecule has 0 atom stereocenters. The summed E-state index contributed by atoms with van der Waals surface area (Å²) in [5, 5.41) is 3.40. The zero-order valence-corrected chi connectivity index (χ0v) is 9.30. The van der Waals surface area contributed by atoms with Gasteiger partial charge in [0.1, 0.15) is 5.82 Å². The quantitative estimate of drug-likeness (QED) is 0.848. The molecular formula is C9H7Cl3FN. The second-order valence-corrected chi connectivity index (χ2v) is 3.55. The number of hydrogen-bond acceptors (Lipinski definition) is 1. The normalized spacial score (nSPS) is 10.9. The topological polar surface area (TPSA) is 12.0 Å². The van der Waals surface area contributed by atoms with Crippen molar-refractivity contribution in [1.29, 1.82) is 0 Å². The van der Waals surface area contributed by atoms with Gasteiger partial charge >= 0.3 is 0 Å². The molecular weight excluding hydrogens is 247 g/mol. The summed E-state index contributed by atoms with van der Waals surface area (Å²) in [5.74, 6) is -0.460. The van der Waals surface area contributed by atoms with Crippen LogP contribution in [0.5, 0.6) is 0 Å². The van der Waals surface area contributed by atoms with Gasteiger partial charge < -0.3 is 5.32 Å². The minimum Gasteiger partial charge on any atom is -0.379 e. The summed E-state index contributed by atoms with van der Waals surface area (Å²) in [7, 11) is 0. The fraction of sp³-hybridized carbons (Fsp3) is 0.111. The van der Waals surface area contributed by atoms with Crippen molar-refractivity contribution in [2.24, 2.45) is 0 Å². The summed E-state index contributed by atoms with van der Waals surface area (Å²) in [6, 6.07) is 2.39. The molecule has 0 aliphatic carbocycles. The average molecular weight is 255 g/mol. The van der Waals surface area contributed by atoms with E-state index in [4.69, 9.17) is 34.8 Å². The van der Waals surface area contributed by atoms with Gasteiger partial charge in [0, 0.05) is 12.1 Å². The molecule has 76 valence electrons. The van der Waals surface area contributed by atoms with Crippen LogP contribution in [0.2, 0.25) is 10.0 Å². The Kier molecular flexibility index (Phi) is 4.52. The van der Waals surface area contributed by atoms with Crippen molar-refractivity contribution in [1.82, 2.24) is 0 Å². The lowest BCUT2D eigenvalue weighted by Gasteiger charge is -2.08. The average Bonchev–Trinajstić information content (AvgIpc) is 2.09. The van der Waals surface area contributed by atoms with Gasteiger partial charge in [0.2, 0.25) is 0 Å². The van der Waals surface area contributed by atoms with Crippen LogP contribution in [0.3, 0.4) is 0 Å². The smallest absolute Gasteiger partial charge is 0.126 e. The fourth-order valence-corrected chi connectivity index (χ4v) is 1.60. The van der Waals surface area contributed by atoms with Crippen molar-refractivity contribution in [2.45, 2.75) is 0 Å². The molecule has 5 heteroatoms. The van der Waals surface area contributed by atoms with E-state index in [2.05, 4.69) is 5.32 Å². The van der Waals surface area contributed by atoms with Crippen LogP contribution < -0.4 is 5.32 Å². The maximum atomic E-state index is 12.8. The zero-order valence-electron chi connectivity index (χ0n) is 7.03. The molecule has 0 aliphatic rings. The van der Waals surface area contributed by atoms with Gasteiger partial charge in [-0.3, -0.25) is 0 Å². The number of rotatable bonds is 3. The highest BCUT2D eigenvalue weighted by atomic mass is 35.5. The van der Waals surface area contributed by atoms with Crippen LogP contribution in [-0.4, -0.2) is 6.54 Å². The maximum absolute atomic E-state index is 12.8. The van der Waals surface area contributed by atoms with Crippen LogP contribution in [0.4, 0.5) is 10.1 Å². The summed E-state index contributed by atoms with van der Waals surface area (Å²) in [6.45, 7) is 0.481. The third kappa shape index (κ3) is 3.05. The predicted octanol–water partition coefficient (Wildman–Crippen LogP) is 4.30. The molecule has 0 radical (unpaired) electrons. The second-order valence-electron chi connectivity index (χ2n) is 2.49. The summed E-state index contributed by atoms with van der Waals surface area (Å²) in [5.41, 5.74) is 1.88. The molecule has 0 unspecified atom stereocenters. The molecule has 0 heterocycles. The molecule has 0 spiro atoms. The van der Waals surface area contributed by atoms with E-state index in [1.54, 1.807) is 6.08 Å². The minimum absolute atomic E-state index is 0.248. The van der Waals surface area contributed by atoms with E-state index < -0.39 is 5.82 Å². The summed E-state index contributed by atoms with van der Waals surface area (Å²) in [4.78, 5) is 0. The standard InChI is InChI=1S/C9H7Cl3FN/c10-2-1-3-14-9-7(11)4-6(13)5-8(9)12/h1-2,4-5,14H,3H2/b2-1+. The third-order valence-corrected chi connectivity index (χ3v) is 2.27. The molecule has 0 saturated heterocycles. The van der Waals surface area contributed by atoms with Gasteiger partial charge in [0.25, 0.3) is 0 Å². The van der Waals surface area contributed by atoms with E-state index >= 15 is 0 Å². The SMILES string of the molecule is Fc1cc(Cl)c(NC/C=C/Cl)c(Cl)c1. The monoisotopic (exact) mass is 253 g/mol. The highest BCUT2D eigenvalue weighted by molar-refractivity contribution is 6.39. The van der Waals surface area contributed by atoms with Gasteiger partial charge in [-0.15, -0.1) is 0 Å². The first-order chi connectivity index (χ1) is 6.65. The fourth-order valence-electron chi connectivity index (χ4n) is 0.917. The molecule has 0 aromatic heterocycles. The molecule has 14 heavy (non-hydrogen) atoms. The minimum atomic E-state index is -0.460. The maximum Gasteiger partial charge on any atom is 0.126 e. The molecule has 0 aliphatic heterocycles. The third-order valence-electron chi connectivity index (χ3n) is 1.49. The van der Waals surface area contributed by atoms with Crippen LogP contribution in [0.25, 0.3) is 0 Å². The van der Waals surface area contributed by atoms with Crippen LogP contribution in [0.15, 0.2) is 23.7 Å². The number of nitrogens with one attached hydrogen (secondary N) is 1. The number of anilines is 1. The van der Waals surface area contributed by atoms with E-state index in [1.807, 2.05) is 0 Å². The van der Waals surface area contributed by atoms with Gasteiger partial charge in [-0.05, 0) is 12.1 Å². The van der Waals surface area contributed by atoms with Crippen LogP contribution in [0, 0.1) is 5.82 Å². The van der Waals surface area contributed by atoms with Gasteiger partial charge in [-0.1, -0.05) is 40.9 Å². The number of benzene rings is 1. The Balaban J connectivity index is 2.85. The van der Waals surface area contributed by atoms with Crippen molar-refractivity contribution in [3.05, 3.63) is 39.6 Å². The van der Waals surface area contributed by atoms with Crippen LogP contribution >= 0.6 is 34.8 Å². The lowest BCUT2D eigenvalue weighted by Crippen LogP contribution is -1.99. The Morgan fingerprint density at radius 3 is 2.36 bits per heavy atom. The molecule has 0 bridgehead atoms. The van der Waals surface area contributed by atoms with Crippen molar-refractivity contribution >= 4 is 40.5 Å². The summed E-state index contributed by atoms with van der Waals surface area (Å²) in [6.07, 6.45) is 1.68. The van der Waals surface area contributed by atoms with E-state index in [0.29, 0.717) is 12.2 Å². The van der Waals surface area contributed by atoms with Crippen molar-refractivity contribution in [3.8, 4) is 0 Å². The van der Waals surface area contributed by atoms with Gasteiger partial charge in [-0.2, -0.15) is 0 Å². The highest BCUT2D eigenvalue weighted by Gasteiger charge is 2.06. The Bertz CT molecular complexity index is 329. The summed E-state index contributed by atoms with van der Waals surface area (Å²) >= 11 is 16.9. The van der Waals surface area contributed by atoms with E-state index in [9.17, 15) is 4.39 Å². The zero-order chi connectivity index (χ0) is 10.6. The predicted molar refractivity (Wildman–Crippen MR) is 59.9 cm³/mol. The van der Waals surface area contributed by atoms with Crippen LogP contribution in [-0.2, 0) is 0 Å². The molecule has 0 amide bonds. The molecule has 0 saturated carbocycles. The van der Waals surface area contributed by atoms with Gasteiger partial charge in [0.05, 0.1) is 15.7 Å². The van der Waals surface area contributed by atoms with Crippen molar-refractivity contribution < 1.29 is 4.39 Å². The summed E-state index contributed by atoms with van der Waals surface area (Å²) < 4.78 is 12.8. The van der Waals surface area contributed by atoms with E-state index in [-0.39, 0.29) is 10.0 Å². The lowest BCUT2D eigenvalue weighted by atomic mass is 10.3. The molecule has 0 fully saturated rings. The molecule has 1 aromatic carbocycles. The van der Waals surface area contributed by atoms with E-state index in [0.717, 1.165) is 0 Å². The molecule has 1 rings (SSSR count). The number of halogens is 4. The van der Waals surface area contributed by atoms with Crippen molar-refractivity contribution in [3.63, 3.8) is 0 Å². The first-order valence-electron chi connectivity index (χ1n) is 3.79. The van der Waals surface area contributed by atoms with Crippen LogP contribution in [0.1, 0.15) is 0 Å². The van der Waals surface area contributed by atoms with E-state index in [1.165, 1.54) is 17.7 Å². The second kappa shape index (κ2) is 5.44. The first-order valence-corrected chi connectivity index (χ1v) is 4.98. The van der Waals surface area contributed by atoms with Gasteiger partial charge in [0.15, 0.2) is 0 Å². The molecule has 1 aromatic rings. The lowest BCUT2D eigenvalue weighted by molar-refractivity contribution is 0.628. The molecule has 1 N–H and O–H groups in total. The van der Waals surface area contributed by atoms with Crippen molar-refractivity contribution in [2.75, 3.05) is 11.9 Å². The largest absolute Gasteiger partial charge is 0.379 e. The number of hydrogen-bond donors (Lipinski definition) is 1. The Hall–Kier alpha value is -0.440. The highest BCUT2D eigenvalue weighted by Crippen LogP contribution is 2.31. The Morgan fingerprint density at radius 1 is 1.29 bits per heavy atom. The van der Waals surface area contributed by atoms with Gasteiger partial charge in [-0.25, -0.2) is 4.39 Å². The molecule has 1 nitrogen and oxygen atoms in total. The Morgan fingerprint density at radius 2 is 1.86 bits per heavy atom. The Labute approximate surface area is 96.5 Å². The first kappa shape index (κ1) is 11.6.